The molecule has 0 radical (unpaired) electrons. The van der Waals surface area contributed by atoms with Crippen molar-refractivity contribution in [3.8, 4) is 0 Å². The van der Waals surface area contributed by atoms with Crippen molar-refractivity contribution < 1.29 is 4.79 Å². The average Bonchev–Trinajstić information content (AvgIpc) is 3.28. The summed E-state index contributed by atoms with van der Waals surface area (Å²) >= 11 is 1.40. The Morgan fingerprint density at radius 2 is 2.24 bits per heavy atom. The van der Waals surface area contributed by atoms with Crippen LogP contribution in [0.3, 0.4) is 0 Å². The number of piperazine rings is 1. The van der Waals surface area contributed by atoms with E-state index in [4.69, 9.17) is 5.73 Å². The van der Waals surface area contributed by atoms with Crippen LogP contribution in [0, 0.1) is 11.8 Å². The molecular weight excluding hydrogens is 286 g/mol. The number of carbonyl (C=O) groups excluding carboxylic acids is 1. The number of carbonyl (C=O) groups is 1. The summed E-state index contributed by atoms with van der Waals surface area (Å²) in [7, 11) is 0. The number of hydrogen-bond donors (Lipinski definition) is 3. The molecule has 1 unspecified atom stereocenters. The van der Waals surface area contributed by atoms with E-state index < -0.39 is 0 Å². The van der Waals surface area contributed by atoms with E-state index in [0.717, 1.165) is 43.8 Å². The van der Waals surface area contributed by atoms with Gasteiger partial charge in [-0.05, 0) is 24.7 Å². The Morgan fingerprint density at radius 3 is 2.90 bits per heavy atom. The predicted octanol–water partition coefficient (Wildman–Crippen LogP) is 0.911. The van der Waals surface area contributed by atoms with Gasteiger partial charge in [-0.25, -0.2) is 4.98 Å². The van der Waals surface area contributed by atoms with E-state index in [1.165, 1.54) is 24.2 Å². The van der Waals surface area contributed by atoms with Crippen LogP contribution < -0.4 is 21.3 Å². The van der Waals surface area contributed by atoms with Crippen LogP contribution in [0.2, 0.25) is 0 Å². The Balaban J connectivity index is 1.61. The maximum absolute atomic E-state index is 12.3. The lowest BCUT2D eigenvalue weighted by molar-refractivity contribution is 0.0951. The number of amides is 1. The summed E-state index contributed by atoms with van der Waals surface area (Å²) in [6.07, 6.45) is 2.60. The lowest BCUT2D eigenvalue weighted by Crippen LogP contribution is -2.43. The summed E-state index contributed by atoms with van der Waals surface area (Å²) < 4.78 is 0. The van der Waals surface area contributed by atoms with Gasteiger partial charge in [0.15, 0.2) is 5.13 Å². The molecule has 3 rings (SSSR count). The molecule has 21 heavy (non-hydrogen) atoms. The van der Waals surface area contributed by atoms with Gasteiger partial charge in [0.05, 0.1) is 0 Å². The number of hydrogen-bond acceptors (Lipinski definition) is 6. The van der Waals surface area contributed by atoms with E-state index >= 15 is 0 Å². The average molecular weight is 309 g/mol. The number of nitrogen functional groups attached to an aromatic ring is 1. The first-order valence-electron chi connectivity index (χ1n) is 7.65. The maximum Gasteiger partial charge on any atom is 0.265 e. The number of nitrogens with one attached hydrogen (secondary N) is 2. The van der Waals surface area contributed by atoms with Crippen molar-refractivity contribution in [1.29, 1.82) is 0 Å². The van der Waals surface area contributed by atoms with Crippen LogP contribution in [0.15, 0.2) is 0 Å². The van der Waals surface area contributed by atoms with Crippen LogP contribution >= 0.6 is 11.3 Å². The highest BCUT2D eigenvalue weighted by Crippen LogP contribution is 2.36. The van der Waals surface area contributed by atoms with Gasteiger partial charge in [-0.15, -0.1) is 0 Å². The second kappa shape index (κ2) is 6.19. The fourth-order valence-corrected chi connectivity index (χ4v) is 3.59. The molecule has 2 aliphatic rings. The van der Waals surface area contributed by atoms with E-state index in [1.807, 2.05) is 0 Å². The summed E-state index contributed by atoms with van der Waals surface area (Å²) in [6, 6.07) is 0. The number of anilines is 2. The highest BCUT2D eigenvalue weighted by molar-refractivity contribution is 7.18. The minimum atomic E-state index is -0.0844. The molecule has 1 amide bonds. The SMILES string of the molecule is CC(CNC(=O)c1sc(N2CCNCC2)nc1N)C1CC1. The number of rotatable bonds is 5. The molecule has 0 bridgehead atoms. The fourth-order valence-electron chi connectivity index (χ4n) is 2.64. The summed E-state index contributed by atoms with van der Waals surface area (Å²) in [5, 5.41) is 7.16. The van der Waals surface area contributed by atoms with Gasteiger partial charge in [-0.2, -0.15) is 0 Å². The molecule has 1 aliphatic carbocycles. The predicted molar refractivity (Wildman–Crippen MR) is 85.8 cm³/mol. The third kappa shape index (κ3) is 3.47. The van der Waals surface area contributed by atoms with E-state index in [-0.39, 0.29) is 5.91 Å². The molecule has 1 aromatic heterocycles. The van der Waals surface area contributed by atoms with Crippen molar-refractivity contribution >= 4 is 28.2 Å². The third-order valence-electron chi connectivity index (χ3n) is 4.25. The molecule has 1 aliphatic heterocycles. The van der Waals surface area contributed by atoms with Crippen LogP contribution in [-0.2, 0) is 0 Å². The van der Waals surface area contributed by atoms with Crippen molar-refractivity contribution in [2.75, 3.05) is 43.4 Å². The first-order chi connectivity index (χ1) is 10.1. The number of thiazole rings is 1. The Morgan fingerprint density at radius 1 is 1.52 bits per heavy atom. The molecule has 1 aromatic rings. The van der Waals surface area contributed by atoms with Crippen LogP contribution in [0.1, 0.15) is 29.4 Å². The van der Waals surface area contributed by atoms with Crippen LogP contribution in [-0.4, -0.2) is 43.6 Å². The highest BCUT2D eigenvalue weighted by atomic mass is 32.1. The lowest BCUT2D eigenvalue weighted by Gasteiger charge is -2.26. The topological polar surface area (TPSA) is 83.3 Å². The molecule has 0 spiro atoms. The van der Waals surface area contributed by atoms with Crippen molar-refractivity contribution in [1.82, 2.24) is 15.6 Å². The molecule has 116 valence electrons. The van der Waals surface area contributed by atoms with Gasteiger partial charge in [0, 0.05) is 32.7 Å². The normalized spacial score (nSPS) is 20.3. The second-order valence-corrected chi connectivity index (χ2v) is 6.95. The quantitative estimate of drug-likeness (QED) is 0.753. The van der Waals surface area contributed by atoms with Gasteiger partial charge in [0.25, 0.3) is 5.91 Å². The Labute approximate surface area is 129 Å². The van der Waals surface area contributed by atoms with E-state index in [9.17, 15) is 4.79 Å². The third-order valence-corrected chi connectivity index (χ3v) is 5.38. The Kier molecular flexibility index (Phi) is 4.30. The molecule has 7 heteroatoms. The zero-order valence-electron chi connectivity index (χ0n) is 12.4. The summed E-state index contributed by atoms with van der Waals surface area (Å²) in [4.78, 5) is 19.4. The second-order valence-electron chi connectivity index (χ2n) is 5.97. The van der Waals surface area contributed by atoms with Gasteiger partial charge in [0.2, 0.25) is 0 Å². The van der Waals surface area contributed by atoms with Gasteiger partial charge in [-0.1, -0.05) is 18.3 Å². The van der Waals surface area contributed by atoms with Crippen molar-refractivity contribution in [2.24, 2.45) is 11.8 Å². The monoisotopic (exact) mass is 309 g/mol. The van der Waals surface area contributed by atoms with Crippen LogP contribution in [0.4, 0.5) is 10.9 Å². The molecular formula is C14H23N5OS. The molecule has 0 aromatic carbocycles. The largest absolute Gasteiger partial charge is 0.382 e. The minimum absolute atomic E-state index is 0.0844. The lowest BCUT2D eigenvalue weighted by atomic mass is 10.1. The first kappa shape index (κ1) is 14.6. The minimum Gasteiger partial charge on any atom is -0.382 e. The molecule has 1 saturated carbocycles. The van der Waals surface area contributed by atoms with Crippen molar-refractivity contribution in [3.05, 3.63) is 4.88 Å². The molecule has 6 nitrogen and oxygen atoms in total. The molecule has 1 atom stereocenters. The van der Waals surface area contributed by atoms with Gasteiger partial charge in [-0.3, -0.25) is 4.79 Å². The highest BCUT2D eigenvalue weighted by Gasteiger charge is 2.28. The van der Waals surface area contributed by atoms with E-state index in [0.29, 0.717) is 16.6 Å². The fraction of sp³-hybridized carbons (Fsp3) is 0.714. The van der Waals surface area contributed by atoms with E-state index in [2.05, 4.69) is 27.4 Å². The van der Waals surface area contributed by atoms with Gasteiger partial charge < -0.3 is 21.3 Å². The van der Waals surface area contributed by atoms with Crippen LogP contribution in [0.25, 0.3) is 0 Å². The molecule has 4 N–H and O–H groups in total. The summed E-state index contributed by atoms with van der Waals surface area (Å²) in [5.41, 5.74) is 5.92. The maximum atomic E-state index is 12.3. The Bertz CT molecular complexity index is 507. The van der Waals surface area contributed by atoms with E-state index in [1.54, 1.807) is 0 Å². The summed E-state index contributed by atoms with van der Waals surface area (Å²) in [5.74, 6) is 1.61. The standard InChI is InChI=1S/C14H23N5OS/c1-9(10-2-3-10)8-17-13(20)11-12(15)18-14(21-11)19-6-4-16-5-7-19/h9-10,16H,2-8,15H2,1H3,(H,17,20). The Hall–Kier alpha value is -1.34. The number of aromatic nitrogens is 1. The first-order valence-corrected chi connectivity index (χ1v) is 8.47. The zero-order valence-corrected chi connectivity index (χ0v) is 13.2. The van der Waals surface area contributed by atoms with Gasteiger partial charge >= 0.3 is 0 Å². The smallest absolute Gasteiger partial charge is 0.265 e. The number of nitrogens with two attached hydrogens (primary N) is 1. The zero-order chi connectivity index (χ0) is 14.8. The molecule has 2 fully saturated rings. The summed E-state index contributed by atoms with van der Waals surface area (Å²) in [6.45, 7) is 6.63. The van der Waals surface area contributed by atoms with Crippen molar-refractivity contribution in [3.63, 3.8) is 0 Å². The molecule has 2 heterocycles. The molecule has 1 saturated heterocycles. The van der Waals surface area contributed by atoms with Gasteiger partial charge in [0.1, 0.15) is 10.7 Å². The van der Waals surface area contributed by atoms with Crippen LogP contribution in [0.5, 0.6) is 0 Å². The van der Waals surface area contributed by atoms with Crippen molar-refractivity contribution in [2.45, 2.75) is 19.8 Å². The number of nitrogens with zero attached hydrogens (tertiary/aromatic N) is 2.